The summed E-state index contributed by atoms with van der Waals surface area (Å²) in [6.45, 7) is 4.10. The van der Waals surface area contributed by atoms with Gasteiger partial charge in [-0.05, 0) is 47.9 Å². The first kappa shape index (κ1) is 22.4. The van der Waals surface area contributed by atoms with Crippen molar-refractivity contribution in [2.45, 2.75) is 26.4 Å². The van der Waals surface area contributed by atoms with Crippen molar-refractivity contribution in [3.8, 4) is 0 Å². The van der Waals surface area contributed by atoms with Crippen LogP contribution in [0.3, 0.4) is 0 Å². The maximum atomic E-state index is 12.9. The van der Waals surface area contributed by atoms with E-state index in [0.29, 0.717) is 22.7 Å². The van der Waals surface area contributed by atoms with Crippen LogP contribution in [0.25, 0.3) is 0 Å². The van der Waals surface area contributed by atoms with Crippen molar-refractivity contribution in [1.82, 2.24) is 10.2 Å². The topological polar surface area (TPSA) is 75.7 Å². The van der Waals surface area contributed by atoms with Crippen LogP contribution in [0.4, 0.5) is 0 Å². The second kappa shape index (κ2) is 10.1. The standard InChI is InChI=1S/C22H25ClN2O4/c1-14(2)19(24-20(26)16-9-11-18(23)12-10-16)21(27)25(3)13-15-5-7-17(8-6-15)22(28)29-4/h5-12,14,19H,13H2,1-4H3,(H,24,26). The van der Waals surface area contributed by atoms with Gasteiger partial charge in [-0.25, -0.2) is 4.79 Å². The third kappa shape index (κ3) is 6.06. The molecule has 7 heteroatoms. The average Bonchev–Trinajstić information content (AvgIpc) is 2.71. The minimum absolute atomic E-state index is 0.0945. The van der Waals surface area contributed by atoms with Crippen LogP contribution in [-0.4, -0.2) is 42.9 Å². The Kier molecular flexibility index (Phi) is 7.79. The molecule has 1 unspecified atom stereocenters. The summed E-state index contributed by atoms with van der Waals surface area (Å²) in [5, 5.41) is 3.35. The van der Waals surface area contributed by atoms with Gasteiger partial charge in [0.2, 0.25) is 5.91 Å². The molecule has 0 saturated carbocycles. The summed E-state index contributed by atoms with van der Waals surface area (Å²) in [7, 11) is 3.01. The first-order chi connectivity index (χ1) is 13.7. The minimum atomic E-state index is -0.669. The maximum Gasteiger partial charge on any atom is 0.337 e. The molecule has 0 saturated heterocycles. The van der Waals surface area contributed by atoms with Crippen molar-refractivity contribution in [2.75, 3.05) is 14.2 Å². The molecule has 2 aromatic carbocycles. The van der Waals surface area contributed by atoms with Crippen molar-refractivity contribution in [1.29, 1.82) is 0 Å². The van der Waals surface area contributed by atoms with Crippen LogP contribution in [0, 0.1) is 5.92 Å². The van der Waals surface area contributed by atoms with Gasteiger partial charge < -0.3 is 15.0 Å². The van der Waals surface area contributed by atoms with Crippen molar-refractivity contribution < 1.29 is 19.1 Å². The Labute approximate surface area is 175 Å². The molecule has 0 aromatic heterocycles. The van der Waals surface area contributed by atoms with Crippen LogP contribution in [-0.2, 0) is 16.1 Å². The van der Waals surface area contributed by atoms with Gasteiger partial charge in [0.1, 0.15) is 6.04 Å². The number of hydrogen-bond acceptors (Lipinski definition) is 4. The zero-order chi connectivity index (χ0) is 21.6. The van der Waals surface area contributed by atoms with E-state index in [1.807, 2.05) is 13.8 Å². The van der Waals surface area contributed by atoms with Gasteiger partial charge in [0.25, 0.3) is 5.91 Å². The van der Waals surface area contributed by atoms with Crippen molar-refractivity contribution in [2.24, 2.45) is 5.92 Å². The lowest BCUT2D eigenvalue weighted by Gasteiger charge is -2.27. The zero-order valence-corrected chi connectivity index (χ0v) is 17.7. The second-order valence-corrected chi connectivity index (χ2v) is 7.52. The fourth-order valence-electron chi connectivity index (χ4n) is 2.79. The molecule has 0 bridgehead atoms. The van der Waals surface area contributed by atoms with E-state index in [4.69, 9.17) is 11.6 Å². The Hall–Kier alpha value is -2.86. The predicted octanol–water partition coefficient (Wildman–Crippen LogP) is 3.54. The number of esters is 1. The third-order valence-corrected chi connectivity index (χ3v) is 4.75. The van der Waals surface area contributed by atoms with Crippen LogP contribution in [0.15, 0.2) is 48.5 Å². The van der Waals surface area contributed by atoms with Crippen molar-refractivity contribution in [3.63, 3.8) is 0 Å². The highest BCUT2D eigenvalue weighted by Crippen LogP contribution is 2.13. The fraction of sp³-hybridized carbons (Fsp3) is 0.318. The lowest BCUT2D eigenvalue weighted by molar-refractivity contribution is -0.133. The van der Waals surface area contributed by atoms with E-state index in [1.54, 1.807) is 60.5 Å². The molecule has 0 aliphatic heterocycles. The van der Waals surface area contributed by atoms with Crippen LogP contribution in [0.2, 0.25) is 5.02 Å². The molecule has 0 aliphatic rings. The molecule has 0 aliphatic carbocycles. The summed E-state index contributed by atoms with van der Waals surface area (Å²) in [5.41, 5.74) is 1.74. The van der Waals surface area contributed by atoms with Gasteiger partial charge in [-0.15, -0.1) is 0 Å². The summed E-state index contributed by atoms with van der Waals surface area (Å²) >= 11 is 5.86. The SMILES string of the molecule is COC(=O)c1ccc(CN(C)C(=O)C(NC(=O)c2ccc(Cl)cc2)C(C)C)cc1. The highest BCUT2D eigenvalue weighted by Gasteiger charge is 2.27. The zero-order valence-electron chi connectivity index (χ0n) is 16.9. The van der Waals surface area contributed by atoms with Gasteiger partial charge in [-0.1, -0.05) is 37.6 Å². The molecule has 2 rings (SSSR count). The number of rotatable bonds is 7. The number of likely N-dealkylation sites (N-methyl/N-ethyl adjacent to an activating group) is 1. The monoisotopic (exact) mass is 416 g/mol. The number of amides is 2. The van der Waals surface area contributed by atoms with Crippen molar-refractivity contribution in [3.05, 3.63) is 70.2 Å². The second-order valence-electron chi connectivity index (χ2n) is 7.08. The molecule has 154 valence electrons. The molecule has 2 aromatic rings. The number of benzene rings is 2. The van der Waals surface area contributed by atoms with Gasteiger partial charge in [0, 0.05) is 24.2 Å². The Balaban J connectivity index is 2.06. The molecule has 29 heavy (non-hydrogen) atoms. The number of carbonyl (C=O) groups excluding carboxylic acids is 3. The number of nitrogens with one attached hydrogen (secondary N) is 1. The Bertz CT molecular complexity index is 863. The molecule has 0 heterocycles. The van der Waals surface area contributed by atoms with Crippen LogP contribution < -0.4 is 5.32 Å². The Morgan fingerprint density at radius 3 is 2.07 bits per heavy atom. The molecule has 1 N–H and O–H groups in total. The molecule has 0 radical (unpaired) electrons. The summed E-state index contributed by atoms with van der Waals surface area (Å²) in [4.78, 5) is 38.5. The normalized spacial score (nSPS) is 11.7. The lowest BCUT2D eigenvalue weighted by atomic mass is 10.0. The first-order valence-corrected chi connectivity index (χ1v) is 9.59. The van der Waals surface area contributed by atoms with Gasteiger partial charge in [-0.2, -0.15) is 0 Å². The smallest absolute Gasteiger partial charge is 0.337 e. The predicted molar refractivity (Wildman–Crippen MR) is 112 cm³/mol. The first-order valence-electron chi connectivity index (χ1n) is 9.21. The van der Waals surface area contributed by atoms with E-state index in [1.165, 1.54) is 7.11 Å². The number of carbonyl (C=O) groups is 3. The number of ether oxygens (including phenoxy) is 1. The molecule has 0 fully saturated rings. The Morgan fingerprint density at radius 1 is 1.00 bits per heavy atom. The highest BCUT2D eigenvalue weighted by molar-refractivity contribution is 6.30. The van der Waals surface area contributed by atoms with E-state index in [2.05, 4.69) is 10.1 Å². The molecular formula is C22H25ClN2O4. The van der Waals surface area contributed by atoms with Gasteiger partial charge >= 0.3 is 5.97 Å². The largest absolute Gasteiger partial charge is 0.465 e. The number of halogens is 1. The Morgan fingerprint density at radius 2 is 1.55 bits per heavy atom. The fourth-order valence-corrected chi connectivity index (χ4v) is 2.92. The van der Waals surface area contributed by atoms with Gasteiger partial charge in [0.05, 0.1) is 12.7 Å². The average molecular weight is 417 g/mol. The quantitative estimate of drug-likeness (QED) is 0.700. The third-order valence-electron chi connectivity index (χ3n) is 4.50. The van der Waals surface area contributed by atoms with E-state index >= 15 is 0 Å². The van der Waals surface area contributed by atoms with Gasteiger partial charge in [-0.3, -0.25) is 9.59 Å². The summed E-state index contributed by atoms with van der Waals surface area (Å²) in [6.07, 6.45) is 0. The summed E-state index contributed by atoms with van der Waals surface area (Å²) < 4.78 is 4.68. The lowest BCUT2D eigenvalue weighted by Crippen LogP contribution is -2.50. The molecule has 1 atom stereocenters. The van der Waals surface area contributed by atoms with Crippen LogP contribution in [0.1, 0.15) is 40.1 Å². The van der Waals surface area contributed by atoms with Crippen LogP contribution >= 0.6 is 11.6 Å². The maximum absolute atomic E-state index is 12.9. The van der Waals surface area contributed by atoms with Crippen LogP contribution in [0.5, 0.6) is 0 Å². The summed E-state index contributed by atoms with van der Waals surface area (Å²) in [6, 6.07) is 12.7. The minimum Gasteiger partial charge on any atom is -0.465 e. The molecular weight excluding hydrogens is 392 g/mol. The van der Waals surface area contributed by atoms with Gasteiger partial charge in [0.15, 0.2) is 0 Å². The molecule has 2 amide bonds. The number of methoxy groups -OCH3 is 1. The van der Waals surface area contributed by atoms with Crippen molar-refractivity contribution >= 4 is 29.4 Å². The number of nitrogens with zero attached hydrogens (tertiary/aromatic N) is 1. The van der Waals surface area contributed by atoms with E-state index in [-0.39, 0.29) is 17.7 Å². The molecule has 0 spiro atoms. The van der Waals surface area contributed by atoms with E-state index < -0.39 is 12.0 Å². The summed E-state index contributed by atoms with van der Waals surface area (Å²) in [5.74, 6) is -1.03. The highest BCUT2D eigenvalue weighted by atomic mass is 35.5. The van der Waals surface area contributed by atoms with E-state index in [9.17, 15) is 14.4 Å². The van der Waals surface area contributed by atoms with E-state index in [0.717, 1.165) is 5.56 Å². The molecule has 6 nitrogen and oxygen atoms in total. The number of hydrogen-bond donors (Lipinski definition) is 1.